The molecule has 2 heterocycles. The van der Waals surface area contributed by atoms with E-state index < -0.39 is 11.7 Å². The molecule has 2 N–H and O–H groups in total. The second kappa shape index (κ2) is 6.60. The Morgan fingerprint density at radius 3 is 2.92 bits per heavy atom. The van der Waals surface area contributed by atoms with Crippen LogP contribution in [0.2, 0.25) is 0 Å². The topological polar surface area (TPSA) is 66.4 Å². The van der Waals surface area contributed by atoms with Crippen LogP contribution in [0.1, 0.15) is 16.0 Å². The van der Waals surface area contributed by atoms with Gasteiger partial charge in [0, 0.05) is 24.0 Å². The van der Waals surface area contributed by atoms with Crippen LogP contribution >= 0.6 is 11.3 Å². The van der Waals surface area contributed by atoms with E-state index in [0.29, 0.717) is 30.2 Å². The number of hydrogen-bond donors (Lipinski definition) is 2. The van der Waals surface area contributed by atoms with Crippen LogP contribution in [0.4, 0.5) is 18.3 Å². The van der Waals surface area contributed by atoms with Gasteiger partial charge in [-0.05, 0) is 11.6 Å². The molecule has 1 aliphatic heterocycles. The number of amidine groups is 1. The molecule has 1 aromatic carbocycles. The summed E-state index contributed by atoms with van der Waals surface area (Å²) in [5.41, 5.74) is -0.142. The average Bonchev–Trinajstić information content (AvgIpc) is 3.18. The standard InChI is InChI=1S/C15H13F3N4OS/c16-15(17,18)10-3-1-2-9(6-10)7-11-8-21-14(24-11)22-13(23)12-19-4-5-20-12/h1-3,6,8H,4-5,7H2,(H,19,20)(H,21,22,23). The molecule has 0 atom stereocenters. The second-order valence-electron chi connectivity index (χ2n) is 5.12. The summed E-state index contributed by atoms with van der Waals surface area (Å²) in [6.45, 7) is 1.18. The second-order valence-corrected chi connectivity index (χ2v) is 6.23. The predicted molar refractivity (Wildman–Crippen MR) is 85.3 cm³/mol. The number of thiazole rings is 1. The van der Waals surface area contributed by atoms with Crippen molar-refractivity contribution in [2.75, 3.05) is 18.4 Å². The van der Waals surface area contributed by atoms with Gasteiger partial charge in [-0.1, -0.05) is 18.2 Å². The third-order valence-electron chi connectivity index (χ3n) is 3.30. The first-order chi connectivity index (χ1) is 11.4. The Morgan fingerprint density at radius 1 is 1.38 bits per heavy atom. The fraction of sp³-hybridized carbons (Fsp3) is 0.267. The molecule has 0 unspecified atom stereocenters. The van der Waals surface area contributed by atoms with Crippen LogP contribution in [0.5, 0.6) is 0 Å². The number of amides is 1. The van der Waals surface area contributed by atoms with Crippen molar-refractivity contribution in [3.63, 3.8) is 0 Å². The number of aromatic nitrogens is 1. The quantitative estimate of drug-likeness (QED) is 0.887. The normalized spacial score (nSPS) is 14.2. The molecule has 0 bridgehead atoms. The smallest absolute Gasteiger partial charge is 0.364 e. The highest BCUT2D eigenvalue weighted by atomic mass is 32.1. The number of alkyl halides is 3. The third kappa shape index (κ3) is 3.91. The number of carbonyl (C=O) groups is 1. The van der Waals surface area contributed by atoms with Crippen molar-refractivity contribution in [1.29, 1.82) is 0 Å². The van der Waals surface area contributed by atoms with Gasteiger partial charge in [0.15, 0.2) is 11.0 Å². The van der Waals surface area contributed by atoms with E-state index in [0.717, 1.165) is 17.0 Å². The Morgan fingerprint density at radius 2 is 2.21 bits per heavy atom. The first-order valence-electron chi connectivity index (χ1n) is 7.12. The lowest BCUT2D eigenvalue weighted by Gasteiger charge is -2.07. The number of benzene rings is 1. The summed E-state index contributed by atoms with van der Waals surface area (Å²) in [7, 11) is 0. The number of anilines is 1. The lowest BCUT2D eigenvalue weighted by Crippen LogP contribution is -2.32. The summed E-state index contributed by atoms with van der Waals surface area (Å²) in [6.07, 6.45) is -2.50. The minimum atomic E-state index is -4.36. The van der Waals surface area contributed by atoms with Gasteiger partial charge in [0.05, 0.1) is 12.1 Å². The van der Waals surface area contributed by atoms with E-state index in [1.165, 1.54) is 17.4 Å². The fourth-order valence-corrected chi connectivity index (χ4v) is 3.05. The molecule has 0 fully saturated rings. The van der Waals surface area contributed by atoms with Crippen molar-refractivity contribution < 1.29 is 18.0 Å². The van der Waals surface area contributed by atoms with Crippen molar-refractivity contribution in [2.24, 2.45) is 4.99 Å². The van der Waals surface area contributed by atoms with Crippen molar-refractivity contribution in [1.82, 2.24) is 10.3 Å². The van der Waals surface area contributed by atoms with Crippen molar-refractivity contribution >= 4 is 28.2 Å². The Labute approximate surface area is 139 Å². The molecular weight excluding hydrogens is 341 g/mol. The monoisotopic (exact) mass is 354 g/mol. The average molecular weight is 354 g/mol. The highest BCUT2D eigenvalue weighted by molar-refractivity contribution is 7.15. The van der Waals surface area contributed by atoms with Crippen molar-refractivity contribution in [3.05, 3.63) is 46.5 Å². The number of halogens is 3. The van der Waals surface area contributed by atoms with Gasteiger partial charge >= 0.3 is 6.18 Å². The van der Waals surface area contributed by atoms with E-state index in [4.69, 9.17) is 0 Å². The number of rotatable bonds is 4. The van der Waals surface area contributed by atoms with E-state index in [1.54, 1.807) is 12.3 Å². The maximum atomic E-state index is 12.7. The number of carbonyl (C=O) groups excluding carboxylic acids is 1. The van der Waals surface area contributed by atoms with E-state index in [2.05, 4.69) is 20.6 Å². The predicted octanol–water partition coefficient (Wildman–Crippen LogP) is 2.69. The van der Waals surface area contributed by atoms with Gasteiger partial charge in [-0.3, -0.25) is 15.1 Å². The number of hydrogen-bond acceptors (Lipinski definition) is 5. The molecule has 0 saturated heterocycles. The lowest BCUT2D eigenvalue weighted by atomic mass is 10.1. The molecule has 126 valence electrons. The highest BCUT2D eigenvalue weighted by Gasteiger charge is 2.30. The van der Waals surface area contributed by atoms with Crippen LogP contribution in [0.3, 0.4) is 0 Å². The summed E-state index contributed by atoms with van der Waals surface area (Å²) in [4.78, 5) is 20.7. The third-order valence-corrected chi connectivity index (χ3v) is 4.21. The summed E-state index contributed by atoms with van der Waals surface area (Å²) in [5.74, 6) is -0.0999. The summed E-state index contributed by atoms with van der Waals surface area (Å²) in [5, 5.41) is 5.86. The maximum absolute atomic E-state index is 12.7. The van der Waals surface area contributed by atoms with Crippen LogP contribution in [-0.2, 0) is 17.4 Å². The minimum Gasteiger partial charge on any atom is -0.364 e. The van der Waals surface area contributed by atoms with E-state index in [9.17, 15) is 18.0 Å². The highest BCUT2D eigenvalue weighted by Crippen LogP contribution is 2.30. The zero-order valence-corrected chi connectivity index (χ0v) is 13.2. The summed E-state index contributed by atoms with van der Waals surface area (Å²) >= 11 is 1.22. The Kier molecular flexibility index (Phi) is 4.52. The van der Waals surface area contributed by atoms with Gasteiger partial charge in [0.1, 0.15) is 0 Å². The SMILES string of the molecule is O=C(Nc1ncc(Cc2cccc(C(F)(F)F)c2)s1)C1=NCCN1. The molecule has 1 aromatic heterocycles. The molecule has 24 heavy (non-hydrogen) atoms. The van der Waals surface area contributed by atoms with Crippen molar-refractivity contribution in [2.45, 2.75) is 12.6 Å². The summed E-state index contributed by atoms with van der Waals surface area (Å²) < 4.78 is 38.2. The number of aliphatic imine (C=N–C) groups is 1. The van der Waals surface area contributed by atoms with Gasteiger partial charge in [-0.15, -0.1) is 11.3 Å². The molecule has 0 radical (unpaired) electrons. The Bertz CT molecular complexity index is 785. The molecule has 0 saturated carbocycles. The van der Waals surface area contributed by atoms with E-state index >= 15 is 0 Å². The molecule has 1 amide bonds. The van der Waals surface area contributed by atoms with Crippen LogP contribution < -0.4 is 10.6 Å². The van der Waals surface area contributed by atoms with Gasteiger partial charge in [0.25, 0.3) is 5.91 Å². The molecule has 2 aromatic rings. The minimum absolute atomic E-state index is 0.268. The van der Waals surface area contributed by atoms with Gasteiger partial charge < -0.3 is 5.32 Å². The zero-order valence-electron chi connectivity index (χ0n) is 12.4. The van der Waals surface area contributed by atoms with Crippen LogP contribution in [-0.4, -0.2) is 29.8 Å². The van der Waals surface area contributed by atoms with Crippen molar-refractivity contribution in [3.8, 4) is 0 Å². The van der Waals surface area contributed by atoms with Gasteiger partial charge in [-0.2, -0.15) is 13.2 Å². The number of nitrogens with zero attached hydrogens (tertiary/aromatic N) is 2. The first kappa shape index (κ1) is 16.4. The molecule has 3 rings (SSSR count). The Hall–Kier alpha value is -2.42. The Balaban J connectivity index is 1.67. The molecule has 0 aliphatic carbocycles. The molecule has 5 nitrogen and oxygen atoms in total. The van der Waals surface area contributed by atoms with Crippen LogP contribution in [0, 0.1) is 0 Å². The molecule has 1 aliphatic rings. The number of nitrogens with one attached hydrogen (secondary N) is 2. The van der Waals surface area contributed by atoms with Crippen LogP contribution in [0.25, 0.3) is 0 Å². The first-order valence-corrected chi connectivity index (χ1v) is 7.94. The largest absolute Gasteiger partial charge is 0.416 e. The zero-order chi connectivity index (χ0) is 17.2. The molecule has 9 heteroatoms. The fourth-order valence-electron chi connectivity index (χ4n) is 2.21. The maximum Gasteiger partial charge on any atom is 0.416 e. The molecular formula is C15H13F3N4OS. The summed E-state index contributed by atoms with van der Waals surface area (Å²) in [6, 6.07) is 5.17. The van der Waals surface area contributed by atoms with E-state index in [-0.39, 0.29) is 11.7 Å². The van der Waals surface area contributed by atoms with Crippen LogP contribution in [0.15, 0.2) is 35.5 Å². The van der Waals surface area contributed by atoms with Gasteiger partial charge in [0.2, 0.25) is 0 Å². The molecule has 0 spiro atoms. The van der Waals surface area contributed by atoms with E-state index in [1.807, 2.05) is 0 Å². The lowest BCUT2D eigenvalue weighted by molar-refractivity contribution is -0.137. The van der Waals surface area contributed by atoms with Gasteiger partial charge in [-0.25, -0.2) is 4.98 Å².